The minimum atomic E-state index is -0.0712. The van der Waals surface area contributed by atoms with E-state index < -0.39 is 0 Å². The molecule has 128 valence electrons. The molecule has 1 aliphatic rings. The second kappa shape index (κ2) is 6.77. The maximum atomic E-state index is 13.1. The molecular formula is C18H20Cl2N2O2. The lowest BCUT2D eigenvalue weighted by atomic mass is 9.91. The number of aromatic nitrogens is 1. The molecular weight excluding hydrogens is 347 g/mol. The molecule has 6 heteroatoms. The molecule has 2 heterocycles. The molecule has 1 aromatic carbocycles. The number of carbonyl (C=O) groups excluding carboxylic acids is 1. The van der Waals surface area contributed by atoms with Gasteiger partial charge in [-0.3, -0.25) is 4.79 Å². The molecule has 0 aliphatic carbocycles. The molecule has 1 aliphatic heterocycles. The van der Waals surface area contributed by atoms with Crippen molar-refractivity contribution in [3.05, 3.63) is 39.6 Å². The zero-order valence-corrected chi connectivity index (χ0v) is 15.5. The summed E-state index contributed by atoms with van der Waals surface area (Å²) in [5.41, 5.74) is 1.41. The Kier molecular flexibility index (Phi) is 4.88. The van der Waals surface area contributed by atoms with E-state index in [0.29, 0.717) is 44.5 Å². The number of benzene rings is 1. The highest BCUT2D eigenvalue weighted by atomic mass is 35.5. The molecule has 0 saturated carbocycles. The van der Waals surface area contributed by atoms with Crippen LogP contribution in [0.3, 0.4) is 0 Å². The van der Waals surface area contributed by atoms with E-state index in [9.17, 15) is 4.79 Å². The van der Waals surface area contributed by atoms with Crippen molar-refractivity contribution in [2.24, 2.45) is 11.8 Å². The third-order valence-electron chi connectivity index (χ3n) is 4.43. The Hall–Kier alpha value is -1.52. The SMILES string of the molecule is Cc1onc(-c2c(Cl)cccc2Cl)c1C(=O)N1C[C@H](C)C[C@H](C)C1. The number of likely N-dealkylation sites (tertiary alicyclic amines) is 1. The number of hydrogen-bond donors (Lipinski definition) is 0. The molecule has 4 nitrogen and oxygen atoms in total. The Morgan fingerprint density at radius 3 is 2.38 bits per heavy atom. The van der Waals surface area contributed by atoms with Gasteiger partial charge in [-0.15, -0.1) is 0 Å². The van der Waals surface area contributed by atoms with Crippen LogP contribution in [0.5, 0.6) is 0 Å². The van der Waals surface area contributed by atoms with Crippen molar-refractivity contribution in [1.82, 2.24) is 10.1 Å². The lowest BCUT2D eigenvalue weighted by Crippen LogP contribution is -2.42. The van der Waals surface area contributed by atoms with Gasteiger partial charge in [-0.05, 0) is 37.3 Å². The van der Waals surface area contributed by atoms with Gasteiger partial charge in [-0.25, -0.2) is 0 Å². The fourth-order valence-electron chi connectivity index (χ4n) is 3.51. The Balaban J connectivity index is 2.03. The van der Waals surface area contributed by atoms with Gasteiger partial charge in [0.1, 0.15) is 17.0 Å². The van der Waals surface area contributed by atoms with Crippen LogP contribution in [0.4, 0.5) is 0 Å². The standard InChI is InChI=1S/C18H20Cl2N2O2/c1-10-7-11(2)9-22(8-10)18(23)15-12(3)24-21-17(15)16-13(19)5-4-6-14(16)20/h4-6,10-11H,7-9H2,1-3H3/t10-,11+. The van der Waals surface area contributed by atoms with E-state index in [4.69, 9.17) is 27.7 Å². The highest BCUT2D eigenvalue weighted by Crippen LogP contribution is 2.37. The van der Waals surface area contributed by atoms with Gasteiger partial charge < -0.3 is 9.42 Å². The smallest absolute Gasteiger partial charge is 0.259 e. The van der Waals surface area contributed by atoms with Crippen LogP contribution in [0.25, 0.3) is 11.3 Å². The average molecular weight is 367 g/mol. The number of amides is 1. The number of halogens is 2. The number of nitrogens with zero attached hydrogens (tertiary/aromatic N) is 2. The van der Waals surface area contributed by atoms with Crippen molar-refractivity contribution in [3.8, 4) is 11.3 Å². The number of rotatable bonds is 2. The molecule has 0 spiro atoms. The first-order valence-corrected chi connectivity index (χ1v) is 8.84. The van der Waals surface area contributed by atoms with Gasteiger partial charge in [0.05, 0.1) is 10.0 Å². The summed E-state index contributed by atoms with van der Waals surface area (Å²) in [7, 11) is 0. The van der Waals surface area contributed by atoms with Crippen molar-refractivity contribution < 1.29 is 9.32 Å². The summed E-state index contributed by atoms with van der Waals surface area (Å²) in [5.74, 6) is 1.37. The van der Waals surface area contributed by atoms with Crippen molar-refractivity contribution in [3.63, 3.8) is 0 Å². The van der Waals surface area contributed by atoms with Gasteiger partial charge in [-0.1, -0.05) is 48.3 Å². The molecule has 1 amide bonds. The molecule has 1 aromatic heterocycles. The zero-order chi connectivity index (χ0) is 17.4. The Bertz CT molecular complexity index is 742. The van der Waals surface area contributed by atoms with Crippen LogP contribution >= 0.6 is 23.2 Å². The van der Waals surface area contributed by atoms with Crippen LogP contribution in [0.2, 0.25) is 10.0 Å². The molecule has 2 aromatic rings. The summed E-state index contributed by atoms with van der Waals surface area (Å²) in [5, 5.41) is 4.97. The second-order valence-electron chi connectivity index (χ2n) is 6.72. The van der Waals surface area contributed by atoms with E-state index in [0.717, 1.165) is 19.5 Å². The molecule has 1 fully saturated rings. The summed E-state index contributed by atoms with van der Waals surface area (Å²) in [6.45, 7) is 7.56. The normalized spacial score (nSPS) is 21.1. The summed E-state index contributed by atoms with van der Waals surface area (Å²) in [6.07, 6.45) is 1.13. The summed E-state index contributed by atoms with van der Waals surface area (Å²) < 4.78 is 5.31. The summed E-state index contributed by atoms with van der Waals surface area (Å²) in [4.78, 5) is 15.0. The van der Waals surface area contributed by atoms with Gasteiger partial charge in [0.25, 0.3) is 5.91 Å². The molecule has 1 saturated heterocycles. The fraction of sp³-hybridized carbons (Fsp3) is 0.444. The van der Waals surface area contributed by atoms with Crippen molar-refractivity contribution >= 4 is 29.1 Å². The number of hydrogen-bond acceptors (Lipinski definition) is 3. The third kappa shape index (κ3) is 3.17. The zero-order valence-electron chi connectivity index (χ0n) is 14.0. The first-order valence-electron chi connectivity index (χ1n) is 8.08. The quantitative estimate of drug-likeness (QED) is 0.744. The number of carbonyl (C=O) groups is 1. The van der Waals surface area contributed by atoms with Crippen LogP contribution in [-0.4, -0.2) is 29.1 Å². The van der Waals surface area contributed by atoms with Crippen molar-refractivity contribution in [2.75, 3.05) is 13.1 Å². The van der Waals surface area contributed by atoms with Gasteiger partial charge in [0, 0.05) is 18.7 Å². The van der Waals surface area contributed by atoms with Gasteiger partial charge in [-0.2, -0.15) is 0 Å². The monoisotopic (exact) mass is 366 g/mol. The van der Waals surface area contributed by atoms with Crippen molar-refractivity contribution in [2.45, 2.75) is 27.2 Å². The van der Waals surface area contributed by atoms with E-state index in [2.05, 4.69) is 19.0 Å². The molecule has 0 unspecified atom stereocenters. The van der Waals surface area contributed by atoms with Crippen LogP contribution in [0.1, 0.15) is 36.4 Å². The van der Waals surface area contributed by atoms with E-state index >= 15 is 0 Å². The molecule has 3 rings (SSSR count). The maximum Gasteiger partial charge on any atom is 0.259 e. The Morgan fingerprint density at radius 2 is 1.79 bits per heavy atom. The molecule has 0 radical (unpaired) electrons. The van der Waals surface area contributed by atoms with E-state index in [-0.39, 0.29) is 5.91 Å². The lowest BCUT2D eigenvalue weighted by molar-refractivity contribution is 0.0622. The molecule has 0 bridgehead atoms. The fourth-order valence-corrected chi connectivity index (χ4v) is 4.08. The first-order chi connectivity index (χ1) is 11.4. The van der Waals surface area contributed by atoms with Gasteiger partial charge >= 0.3 is 0 Å². The minimum absolute atomic E-state index is 0.0712. The molecule has 24 heavy (non-hydrogen) atoms. The highest BCUT2D eigenvalue weighted by molar-refractivity contribution is 6.39. The first kappa shape index (κ1) is 17.3. The average Bonchev–Trinajstić information content (AvgIpc) is 2.87. The third-order valence-corrected chi connectivity index (χ3v) is 5.06. The Morgan fingerprint density at radius 1 is 1.21 bits per heavy atom. The number of aryl methyl sites for hydroxylation is 1. The summed E-state index contributed by atoms with van der Waals surface area (Å²) >= 11 is 12.6. The van der Waals surface area contributed by atoms with Crippen LogP contribution in [0.15, 0.2) is 22.7 Å². The van der Waals surface area contributed by atoms with Crippen LogP contribution < -0.4 is 0 Å². The summed E-state index contributed by atoms with van der Waals surface area (Å²) in [6, 6.07) is 5.22. The minimum Gasteiger partial charge on any atom is -0.360 e. The van der Waals surface area contributed by atoms with Gasteiger partial charge in [0.2, 0.25) is 0 Å². The topological polar surface area (TPSA) is 46.3 Å². The van der Waals surface area contributed by atoms with Gasteiger partial charge in [0.15, 0.2) is 0 Å². The van der Waals surface area contributed by atoms with E-state index in [1.54, 1.807) is 25.1 Å². The van der Waals surface area contributed by atoms with Crippen LogP contribution in [0, 0.1) is 18.8 Å². The predicted octanol–water partition coefficient (Wildman–Crippen LogP) is 5.07. The maximum absolute atomic E-state index is 13.1. The van der Waals surface area contributed by atoms with Crippen LogP contribution in [-0.2, 0) is 0 Å². The molecule has 2 atom stereocenters. The predicted molar refractivity (Wildman–Crippen MR) is 95.5 cm³/mol. The van der Waals surface area contributed by atoms with Crippen molar-refractivity contribution in [1.29, 1.82) is 0 Å². The molecule has 0 N–H and O–H groups in total. The largest absolute Gasteiger partial charge is 0.360 e. The number of piperidine rings is 1. The van der Waals surface area contributed by atoms with E-state index in [1.165, 1.54) is 0 Å². The highest BCUT2D eigenvalue weighted by Gasteiger charge is 2.31. The van der Waals surface area contributed by atoms with E-state index in [1.807, 2.05) is 4.90 Å². The second-order valence-corrected chi connectivity index (χ2v) is 7.53. The Labute approximate surface area is 151 Å². The lowest BCUT2D eigenvalue weighted by Gasteiger charge is -2.35.